The molecule has 79 valence electrons. The van der Waals surface area contributed by atoms with E-state index in [1.54, 1.807) is 6.29 Å². The number of hydrogen-bond donors (Lipinski definition) is 4. The smallest absolute Gasteiger partial charge is 0.213 e. The summed E-state index contributed by atoms with van der Waals surface area (Å²) < 4.78 is 0. The summed E-state index contributed by atoms with van der Waals surface area (Å²) in [7, 11) is 0. The minimum atomic E-state index is -0.0866. The highest BCUT2D eigenvalue weighted by molar-refractivity contribution is 5.89. The summed E-state index contributed by atoms with van der Waals surface area (Å²) in [4.78, 5) is 9.94. The topological polar surface area (TPSA) is 91.0 Å². The molecule has 0 unspecified atom stereocenters. The van der Waals surface area contributed by atoms with E-state index < -0.39 is 0 Å². The number of benzene rings is 1. The van der Waals surface area contributed by atoms with Crippen LogP contribution in [-0.2, 0) is 11.3 Å². The Hall–Kier alpha value is -1.88. The van der Waals surface area contributed by atoms with E-state index in [0.717, 1.165) is 11.3 Å². The molecule has 0 spiro atoms. The third-order valence-electron chi connectivity index (χ3n) is 1.76. The van der Waals surface area contributed by atoms with Gasteiger partial charge in [0.2, 0.25) is 6.29 Å². The molecule has 0 saturated heterocycles. The molecule has 15 heavy (non-hydrogen) atoms. The molecule has 0 heterocycles. The Kier molecular flexibility index (Phi) is 4.30. The van der Waals surface area contributed by atoms with E-state index in [0.29, 0.717) is 6.54 Å². The molecule has 0 amide bonds. The van der Waals surface area contributed by atoms with Crippen molar-refractivity contribution in [2.24, 2.45) is 5.73 Å². The summed E-state index contributed by atoms with van der Waals surface area (Å²) in [6.07, 6.45) is 1.76. The summed E-state index contributed by atoms with van der Waals surface area (Å²) in [6.45, 7) is 0.850. The maximum Gasteiger partial charge on any atom is 0.213 e. The van der Waals surface area contributed by atoms with Crippen LogP contribution in [0.15, 0.2) is 24.3 Å². The van der Waals surface area contributed by atoms with E-state index in [2.05, 4.69) is 10.6 Å². The Morgan fingerprint density at radius 2 is 2.07 bits per heavy atom. The quantitative estimate of drug-likeness (QED) is 0.314. The largest absolute Gasteiger partial charge is 0.370 e. The lowest BCUT2D eigenvalue weighted by Crippen LogP contribution is -2.20. The average molecular weight is 205 g/mol. The van der Waals surface area contributed by atoms with Gasteiger partial charge in [0, 0.05) is 12.2 Å². The zero-order valence-electron chi connectivity index (χ0n) is 8.21. The molecule has 0 aliphatic rings. The first-order valence-electron chi connectivity index (χ1n) is 4.48. The minimum absolute atomic E-state index is 0.0866. The van der Waals surface area contributed by atoms with Crippen LogP contribution in [0.5, 0.6) is 0 Å². The van der Waals surface area contributed by atoms with Crippen molar-refractivity contribution in [3.05, 3.63) is 29.8 Å². The van der Waals surface area contributed by atoms with E-state index >= 15 is 0 Å². The summed E-state index contributed by atoms with van der Waals surface area (Å²) in [5.74, 6) is -0.0866. The van der Waals surface area contributed by atoms with E-state index in [4.69, 9.17) is 11.1 Å². The van der Waals surface area contributed by atoms with E-state index in [1.807, 2.05) is 24.3 Å². The van der Waals surface area contributed by atoms with Crippen LogP contribution in [0.4, 0.5) is 5.69 Å². The standard InChI is InChI=1S/C10H13N4O/c11-10(12)14-9-3-1-8(2-4-9)7-13-5-6-15/h1-4,13H,5,7H2,(H4,11,12,14). The Morgan fingerprint density at radius 3 is 2.60 bits per heavy atom. The van der Waals surface area contributed by atoms with Gasteiger partial charge in [-0.1, -0.05) is 12.1 Å². The molecule has 0 aromatic heterocycles. The SMILES string of the molecule is N=C(N)Nc1ccc(CNC[C]=O)cc1. The molecule has 5 heteroatoms. The number of guanidine groups is 1. The zero-order chi connectivity index (χ0) is 11.1. The maximum absolute atomic E-state index is 9.94. The summed E-state index contributed by atoms with van der Waals surface area (Å²) in [5, 5.41) is 12.6. The van der Waals surface area contributed by atoms with Gasteiger partial charge in [-0.15, -0.1) is 0 Å². The summed E-state index contributed by atoms with van der Waals surface area (Å²) in [5.41, 5.74) is 7.00. The van der Waals surface area contributed by atoms with E-state index in [-0.39, 0.29) is 12.5 Å². The Labute approximate surface area is 88.2 Å². The van der Waals surface area contributed by atoms with Crippen molar-refractivity contribution in [3.8, 4) is 0 Å². The maximum atomic E-state index is 9.94. The molecule has 1 rings (SSSR count). The molecule has 5 N–H and O–H groups in total. The summed E-state index contributed by atoms with van der Waals surface area (Å²) in [6, 6.07) is 7.43. The number of nitrogens with two attached hydrogens (primary N) is 1. The van der Waals surface area contributed by atoms with Crippen LogP contribution < -0.4 is 16.4 Å². The van der Waals surface area contributed by atoms with Gasteiger partial charge in [-0.2, -0.15) is 0 Å². The highest BCUT2D eigenvalue weighted by Gasteiger charge is 1.94. The van der Waals surface area contributed by atoms with Crippen LogP contribution >= 0.6 is 0 Å². The minimum Gasteiger partial charge on any atom is -0.370 e. The summed E-state index contributed by atoms with van der Waals surface area (Å²) >= 11 is 0. The van der Waals surface area contributed by atoms with E-state index in [1.165, 1.54) is 0 Å². The molecule has 0 aliphatic heterocycles. The van der Waals surface area contributed by atoms with Crippen molar-refractivity contribution in [2.45, 2.75) is 6.54 Å². The first kappa shape index (κ1) is 11.2. The first-order chi connectivity index (χ1) is 7.22. The third kappa shape index (κ3) is 4.24. The van der Waals surface area contributed by atoms with Gasteiger partial charge in [0.25, 0.3) is 0 Å². The van der Waals surface area contributed by atoms with Crippen LogP contribution in [0.2, 0.25) is 0 Å². The molecule has 0 saturated carbocycles. The second-order valence-corrected chi connectivity index (χ2v) is 2.98. The second kappa shape index (κ2) is 5.77. The highest BCUT2D eigenvalue weighted by atomic mass is 16.1. The van der Waals surface area contributed by atoms with Crippen molar-refractivity contribution >= 4 is 17.9 Å². The Balaban J connectivity index is 2.48. The predicted octanol–water partition coefficient (Wildman–Crippen LogP) is 0.191. The number of nitrogens with one attached hydrogen (secondary N) is 3. The fourth-order valence-electron chi connectivity index (χ4n) is 1.12. The lowest BCUT2D eigenvalue weighted by atomic mass is 10.2. The van der Waals surface area contributed by atoms with Gasteiger partial charge in [-0.25, -0.2) is 0 Å². The van der Waals surface area contributed by atoms with Crippen molar-refractivity contribution in [1.82, 2.24) is 5.32 Å². The van der Waals surface area contributed by atoms with Crippen LogP contribution in [0.25, 0.3) is 0 Å². The van der Waals surface area contributed by atoms with Crippen LogP contribution in [0, 0.1) is 5.41 Å². The van der Waals surface area contributed by atoms with Gasteiger partial charge in [0.05, 0.1) is 6.54 Å². The van der Waals surface area contributed by atoms with Crippen LogP contribution in [0.3, 0.4) is 0 Å². The normalized spacial score (nSPS) is 9.60. The molecule has 0 aliphatic carbocycles. The Morgan fingerprint density at radius 1 is 1.40 bits per heavy atom. The fourth-order valence-corrected chi connectivity index (χ4v) is 1.12. The molecule has 0 atom stereocenters. The molecule has 1 aromatic rings. The first-order valence-corrected chi connectivity index (χ1v) is 4.48. The third-order valence-corrected chi connectivity index (χ3v) is 1.76. The van der Waals surface area contributed by atoms with Crippen molar-refractivity contribution in [1.29, 1.82) is 5.41 Å². The van der Waals surface area contributed by atoms with Gasteiger partial charge >= 0.3 is 0 Å². The monoisotopic (exact) mass is 205 g/mol. The molecule has 0 bridgehead atoms. The van der Waals surface area contributed by atoms with Crippen LogP contribution in [0.1, 0.15) is 5.56 Å². The lowest BCUT2D eigenvalue weighted by Gasteiger charge is -2.05. The average Bonchev–Trinajstić information content (AvgIpc) is 2.20. The van der Waals surface area contributed by atoms with Gasteiger partial charge in [-0.3, -0.25) is 10.2 Å². The molecule has 0 fully saturated rings. The molecular weight excluding hydrogens is 192 g/mol. The van der Waals surface area contributed by atoms with Gasteiger partial charge in [0.1, 0.15) is 0 Å². The number of anilines is 1. The number of rotatable bonds is 5. The Bertz CT molecular complexity index is 334. The van der Waals surface area contributed by atoms with Gasteiger partial charge in [-0.05, 0) is 17.7 Å². The predicted molar refractivity (Wildman–Crippen MR) is 59.4 cm³/mol. The zero-order valence-corrected chi connectivity index (χ0v) is 8.21. The lowest BCUT2D eigenvalue weighted by molar-refractivity contribution is 0.548. The molecule has 1 radical (unpaired) electrons. The number of carbonyl (C=O) groups excluding carboxylic acids is 1. The van der Waals surface area contributed by atoms with Crippen molar-refractivity contribution in [3.63, 3.8) is 0 Å². The molecule has 5 nitrogen and oxygen atoms in total. The molecule has 1 aromatic carbocycles. The van der Waals surface area contributed by atoms with Crippen molar-refractivity contribution in [2.75, 3.05) is 11.9 Å². The second-order valence-electron chi connectivity index (χ2n) is 2.98. The molecular formula is C10H13N4O. The van der Waals surface area contributed by atoms with Gasteiger partial charge < -0.3 is 16.4 Å². The van der Waals surface area contributed by atoms with Crippen molar-refractivity contribution < 1.29 is 4.79 Å². The highest BCUT2D eigenvalue weighted by Crippen LogP contribution is 2.08. The van der Waals surface area contributed by atoms with Crippen LogP contribution in [-0.4, -0.2) is 18.8 Å². The number of hydrogen-bond acceptors (Lipinski definition) is 3. The fraction of sp³-hybridized carbons (Fsp3) is 0.200. The van der Waals surface area contributed by atoms with Gasteiger partial charge in [0.15, 0.2) is 5.96 Å². The van der Waals surface area contributed by atoms with E-state index in [9.17, 15) is 4.79 Å².